The van der Waals surface area contributed by atoms with E-state index in [1.165, 1.54) is 10.4 Å². The van der Waals surface area contributed by atoms with Gasteiger partial charge in [-0.1, -0.05) is 34.1 Å². The van der Waals surface area contributed by atoms with Crippen LogP contribution in [0.4, 0.5) is 0 Å². The molecular formula is C13H13BrOS. The van der Waals surface area contributed by atoms with E-state index in [4.69, 9.17) is 4.74 Å². The van der Waals surface area contributed by atoms with Crippen molar-refractivity contribution in [3.05, 3.63) is 52.2 Å². The minimum Gasteiger partial charge on any atom is -0.493 e. The fourth-order valence-electron chi connectivity index (χ4n) is 1.44. The van der Waals surface area contributed by atoms with Gasteiger partial charge in [-0.05, 0) is 29.1 Å². The second-order valence-corrected chi connectivity index (χ2v) is 5.05. The number of thiophene rings is 1. The summed E-state index contributed by atoms with van der Waals surface area (Å²) in [6.07, 6.45) is 0.982. The summed E-state index contributed by atoms with van der Waals surface area (Å²) in [5.41, 5.74) is 1.24. The molecule has 0 amide bonds. The monoisotopic (exact) mass is 296 g/mol. The Balaban J connectivity index is 1.85. The Morgan fingerprint density at radius 2 is 2.12 bits per heavy atom. The first-order valence-corrected chi connectivity index (χ1v) is 7.18. The Bertz CT molecular complexity index is 425. The molecule has 2 aromatic rings. The zero-order valence-corrected chi connectivity index (χ0v) is 11.3. The van der Waals surface area contributed by atoms with E-state index < -0.39 is 0 Å². The molecule has 0 fully saturated rings. The summed E-state index contributed by atoms with van der Waals surface area (Å²) in [7, 11) is 0. The lowest BCUT2D eigenvalue weighted by Crippen LogP contribution is -2.00. The van der Waals surface area contributed by atoms with E-state index in [9.17, 15) is 0 Å². The van der Waals surface area contributed by atoms with Crippen LogP contribution >= 0.6 is 27.3 Å². The average molecular weight is 297 g/mol. The second kappa shape index (κ2) is 6.06. The van der Waals surface area contributed by atoms with Crippen molar-refractivity contribution in [2.45, 2.75) is 11.8 Å². The molecule has 2 rings (SSSR count). The Morgan fingerprint density at radius 1 is 1.19 bits per heavy atom. The summed E-state index contributed by atoms with van der Waals surface area (Å²) in [6, 6.07) is 12.4. The van der Waals surface area contributed by atoms with E-state index in [-0.39, 0.29) is 0 Å². The summed E-state index contributed by atoms with van der Waals surface area (Å²) >= 11 is 5.22. The molecule has 84 valence electrons. The standard InChI is InChI=1S/C13H13BrOS/c14-10-11-3-1-4-12(9-11)15-7-6-13-5-2-8-16-13/h1-5,8-9H,6-7,10H2. The van der Waals surface area contributed by atoms with Crippen LogP contribution in [-0.4, -0.2) is 6.61 Å². The quantitative estimate of drug-likeness (QED) is 0.749. The van der Waals surface area contributed by atoms with E-state index in [2.05, 4.69) is 45.6 Å². The summed E-state index contributed by atoms with van der Waals surface area (Å²) < 4.78 is 5.71. The summed E-state index contributed by atoms with van der Waals surface area (Å²) in [6.45, 7) is 0.742. The maximum absolute atomic E-state index is 5.71. The van der Waals surface area contributed by atoms with Gasteiger partial charge in [0.05, 0.1) is 6.61 Å². The molecular weight excluding hydrogens is 284 g/mol. The van der Waals surface area contributed by atoms with Crippen LogP contribution in [-0.2, 0) is 11.8 Å². The van der Waals surface area contributed by atoms with Crippen molar-refractivity contribution in [2.75, 3.05) is 6.61 Å². The highest BCUT2D eigenvalue weighted by Gasteiger charge is 1.97. The van der Waals surface area contributed by atoms with E-state index in [1.807, 2.05) is 12.1 Å². The van der Waals surface area contributed by atoms with Crippen molar-refractivity contribution in [1.82, 2.24) is 0 Å². The average Bonchev–Trinajstić information content (AvgIpc) is 2.82. The SMILES string of the molecule is BrCc1cccc(OCCc2cccs2)c1. The van der Waals surface area contributed by atoms with E-state index in [0.717, 1.165) is 24.1 Å². The Kier molecular flexibility index (Phi) is 4.43. The zero-order valence-electron chi connectivity index (χ0n) is 8.86. The molecule has 0 unspecified atom stereocenters. The first-order valence-electron chi connectivity index (χ1n) is 5.18. The highest BCUT2D eigenvalue weighted by molar-refractivity contribution is 9.08. The zero-order chi connectivity index (χ0) is 11.2. The van der Waals surface area contributed by atoms with Gasteiger partial charge in [0.25, 0.3) is 0 Å². The maximum Gasteiger partial charge on any atom is 0.119 e. The summed E-state index contributed by atoms with van der Waals surface area (Å²) in [5, 5.41) is 2.97. The molecule has 0 aliphatic heterocycles. The number of hydrogen-bond acceptors (Lipinski definition) is 2. The summed E-state index contributed by atoms with van der Waals surface area (Å²) in [4.78, 5) is 1.37. The van der Waals surface area contributed by atoms with Crippen molar-refractivity contribution in [2.24, 2.45) is 0 Å². The van der Waals surface area contributed by atoms with E-state index in [0.29, 0.717) is 0 Å². The van der Waals surface area contributed by atoms with Crippen LogP contribution in [0.25, 0.3) is 0 Å². The minimum atomic E-state index is 0.742. The van der Waals surface area contributed by atoms with Gasteiger partial charge in [0, 0.05) is 16.6 Å². The molecule has 0 N–H and O–H groups in total. The van der Waals surface area contributed by atoms with Crippen LogP contribution < -0.4 is 4.74 Å². The third-order valence-corrected chi connectivity index (χ3v) is 3.83. The van der Waals surface area contributed by atoms with Gasteiger partial charge in [-0.3, -0.25) is 0 Å². The van der Waals surface area contributed by atoms with Crippen LogP contribution in [0.5, 0.6) is 5.75 Å². The maximum atomic E-state index is 5.71. The van der Waals surface area contributed by atoms with Crippen LogP contribution in [0.3, 0.4) is 0 Å². The van der Waals surface area contributed by atoms with Gasteiger partial charge < -0.3 is 4.74 Å². The summed E-state index contributed by atoms with van der Waals surface area (Å²) in [5.74, 6) is 0.952. The second-order valence-electron chi connectivity index (χ2n) is 3.46. The number of ether oxygens (including phenoxy) is 1. The van der Waals surface area contributed by atoms with Gasteiger partial charge in [0.1, 0.15) is 5.75 Å². The van der Waals surface area contributed by atoms with Crippen molar-refractivity contribution in [3.63, 3.8) is 0 Å². The highest BCUT2D eigenvalue weighted by Crippen LogP contribution is 2.16. The number of halogens is 1. The van der Waals surface area contributed by atoms with Crippen LogP contribution in [0.2, 0.25) is 0 Å². The molecule has 0 atom stereocenters. The first kappa shape index (κ1) is 11.7. The molecule has 0 saturated carbocycles. The highest BCUT2D eigenvalue weighted by atomic mass is 79.9. The predicted octanol–water partition coefficient (Wildman–Crippen LogP) is 4.26. The lowest BCUT2D eigenvalue weighted by molar-refractivity contribution is 0.323. The van der Waals surface area contributed by atoms with Gasteiger partial charge in [-0.15, -0.1) is 11.3 Å². The number of hydrogen-bond donors (Lipinski definition) is 0. The molecule has 0 bridgehead atoms. The molecule has 0 aliphatic rings. The smallest absolute Gasteiger partial charge is 0.119 e. The van der Waals surface area contributed by atoms with Crippen LogP contribution in [0, 0.1) is 0 Å². The third kappa shape index (κ3) is 3.35. The van der Waals surface area contributed by atoms with Crippen LogP contribution in [0.1, 0.15) is 10.4 Å². The minimum absolute atomic E-state index is 0.742. The van der Waals surface area contributed by atoms with Crippen LogP contribution in [0.15, 0.2) is 41.8 Å². The topological polar surface area (TPSA) is 9.23 Å². The molecule has 16 heavy (non-hydrogen) atoms. The van der Waals surface area contributed by atoms with Gasteiger partial charge in [0.2, 0.25) is 0 Å². The Hall–Kier alpha value is -0.800. The number of benzene rings is 1. The van der Waals surface area contributed by atoms with Crippen molar-refractivity contribution in [1.29, 1.82) is 0 Å². The Labute approximate surface area is 108 Å². The molecule has 1 nitrogen and oxygen atoms in total. The molecule has 0 aliphatic carbocycles. The Morgan fingerprint density at radius 3 is 2.88 bits per heavy atom. The lowest BCUT2D eigenvalue weighted by Gasteiger charge is -2.06. The van der Waals surface area contributed by atoms with Gasteiger partial charge in [-0.2, -0.15) is 0 Å². The third-order valence-electron chi connectivity index (χ3n) is 2.25. The molecule has 1 heterocycles. The molecule has 1 aromatic carbocycles. The van der Waals surface area contributed by atoms with Gasteiger partial charge >= 0.3 is 0 Å². The molecule has 0 radical (unpaired) electrons. The van der Waals surface area contributed by atoms with Gasteiger partial charge in [-0.25, -0.2) is 0 Å². The van der Waals surface area contributed by atoms with Crippen molar-refractivity contribution < 1.29 is 4.74 Å². The van der Waals surface area contributed by atoms with Gasteiger partial charge in [0.15, 0.2) is 0 Å². The largest absolute Gasteiger partial charge is 0.493 e. The number of rotatable bonds is 5. The lowest BCUT2D eigenvalue weighted by atomic mass is 10.2. The molecule has 3 heteroatoms. The van der Waals surface area contributed by atoms with Crippen molar-refractivity contribution in [3.8, 4) is 5.75 Å². The van der Waals surface area contributed by atoms with E-state index >= 15 is 0 Å². The number of alkyl halides is 1. The normalized spacial score (nSPS) is 10.3. The molecule has 0 spiro atoms. The van der Waals surface area contributed by atoms with E-state index in [1.54, 1.807) is 11.3 Å². The predicted molar refractivity (Wildman–Crippen MR) is 72.6 cm³/mol. The first-order chi connectivity index (χ1) is 7.88. The molecule has 1 aromatic heterocycles. The van der Waals surface area contributed by atoms with Crippen molar-refractivity contribution >= 4 is 27.3 Å². The molecule has 0 saturated heterocycles. The fourth-order valence-corrected chi connectivity index (χ4v) is 2.48. The fraction of sp³-hybridized carbons (Fsp3) is 0.231.